The Labute approximate surface area is 110 Å². The van der Waals surface area contributed by atoms with Gasteiger partial charge < -0.3 is 10.0 Å². The first-order valence-corrected chi connectivity index (χ1v) is 6.77. The molecule has 0 unspecified atom stereocenters. The van der Waals surface area contributed by atoms with Crippen LogP contribution >= 0.6 is 11.3 Å². The summed E-state index contributed by atoms with van der Waals surface area (Å²) in [6.07, 6.45) is 2.93. The minimum absolute atomic E-state index is 0.226. The van der Waals surface area contributed by atoms with Crippen molar-refractivity contribution < 1.29 is 9.90 Å². The van der Waals surface area contributed by atoms with E-state index in [4.69, 9.17) is 5.11 Å². The maximum Gasteiger partial charge on any atom is 0.303 e. The van der Waals surface area contributed by atoms with Crippen molar-refractivity contribution in [3.05, 3.63) is 23.0 Å². The van der Waals surface area contributed by atoms with Crippen molar-refractivity contribution in [1.29, 1.82) is 0 Å². The number of thiazole rings is 1. The fourth-order valence-corrected chi connectivity index (χ4v) is 2.74. The predicted molar refractivity (Wildman–Crippen MR) is 71.0 cm³/mol. The molecule has 0 radical (unpaired) electrons. The number of carbonyl (C=O) groups is 1. The molecule has 0 bridgehead atoms. The Bertz CT molecular complexity index is 547. The van der Waals surface area contributed by atoms with E-state index in [0.717, 1.165) is 23.7 Å². The highest BCUT2D eigenvalue weighted by Crippen LogP contribution is 2.18. The standard InChI is InChI=1S/C12H17N3O2S/c1-9-10(15-6-7-18-12(15)13-9)8-14(2)5-3-4-11(16)17/h6-7H,3-5,8H2,1-2H3,(H,16,17). The molecule has 0 aliphatic heterocycles. The van der Waals surface area contributed by atoms with Gasteiger partial charge in [0.05, 0.1) is 11.4 Å². The highest BCUT2D eigenvalue weighted by molar-refractivity contribution is 7.15. The van der Waals surface area contributed by atoms with E-state index in [1.54, 1.807) is 11.3 Å². The molecular weight excluding hydrogens is 250 g/mol. The van der Waals surface area contributed by atoms with E-state index in [-0.39, 0.29) is 6.42 Å². The van der Waals surface area contributed by atoms with Crippen LogP contribution in [-0.4, -0.2) is 39.0 Å². The van der Waals surface area contributed by atoms with Crippen LogP contribution in [0.2, 0.25) is 0 Å². The van der Waals surface area contributed by atoms with Crippen molar-refractivity contribution in [2.24, 2.45) is 0 Å². The number of hydrogen-bond acceptors (Lipinski definition) is 4. The van der Waals surface area contributed by atoms with Gasteiger partial charge in [-0.15, -0.1) is 11.3 Å². The number of carboxylic acids is 1. The molecule has 0 saturated heterocycles. The lowest BCUT2D eigenvalue weighted by molar-refractivity contribution is -0.137. The number of rotatable bonds is 6. The third kappa shape index (κ3) is 2.88. The molecule has 98 valence electrons. The second-order valence-corrected chi connectivity index (χ2v) is 5.31. The highest BCUT2D eigenvalue weighted by atomic mass is 32.1. The van der Waals surface area contributed by atoms with Gasteiger partial charge in [0.25, 0.3) is 0 Å². The van der Waals surface area contributed by atoms with Crippen LogP contribution in [-0.2, 0) is 11.3 Å². The molecule has 0 aliphatic carbocycles. The lowest BCUT2D eigenvalue weighted by atomic mass is 10.2. The molecule has 0 spiro atoms. The van der Waals surface area contributed by atoms with Crippen LogP contribution in [0, 0.1) is 6.92 Å². The van der Waals surface area contributed by atoms with Crippen LogP contribution in [0.3, 0.4) is 0 Å². The van der Waals surface area contributed by atoms with Crippen molar-refractivity contribution >= 4 is 22.3 Å². The molecule has 5 nitrogen and oxygen atoms in total. The van der Waals surface area contributed by atoms with Crippen molar-refractivity contribution in [2.75, 3.05) is 13.6 Å². The SMILES string of the molecule is Cc1nc2sccn2c1CN(C)CCCC(=O)O. The zero-order chi connectivity index (χ0) is 13.1. The van der Waals surface area contributed by atoms with Crippen molar-refractivity contribution in [3.8, 4) is 0 Å². The second-order valence-electron chi connectivity index (χ2n) is 4.43. The van der Waals surface area contributed by atoms with E-state index in [1.807, 2.05) is 25.5 Å². The lowest BCUT2D eigenvalue weighted by Crippen LogP contribution is -2.21. The Morgan fingerprint density at radius 2 is 2.39 bits per heavy atom. The third-order valence-corrected chi connectivity index (χ3v) is 3.67. The van der Waals surface area contributed by atoms with E-state index >= 15 is 0 Å². The summed E-state index contributed by atoms with van der Waals surface area (Å²) >= 11 is 1.63. The Hall–Kier alpha value is -1.40. The van der Waals surface area contributed by atoms with Crippen molar-refractivity contribution in [1.82, 2.24) is 14.3 Å². The molecule has 18 heavy (non-hydrogen) atoms. The Morgan fingerprint density at radius 3 is 3.11 bits per heavy atom. The van der Waals surface area contributed by atoms with Crippen LogP contribution in [0.5, 0.6) is 0 Å². The monoisotopic (exact) mass is 267 g/mol. The van der Waals surface area contributed by atoms with Crippen LogP contribution in [0.15, 0.2) is 11.6 Å². The molecule has 2 rings (SSSR count). The van der Waals surface area contributed by atoms with Gasteiger partial charge >= 0.3 is 5.97 Å². The number of aliphatic carboxylic acids is 1. The molecular formula is C12H17N3O2S. The first-order chi connectivity index (χ1) is 8.58. The summed E-state index contributed by atoms with van der Waals surface area (Å²) in [5.74, 6) is -0.732. The van der Waals surface area contributed by atoms with Crippen LogP contribution in [0.25, 0.3) is 4.96 Å². The normalized spacial score (nSPS) is 11.5. The van der Waals surface area contributed by atoms with Gasteiger partial charge in [-0.2, -0.15) is 0 Å². The minimum Gasteiger partial charge on any atom is -0.481 e. The summed E-state index contributed by atoms with van der Waals surface area (Å²) < 4.78 is 2.10. The molecule has 0 saturated carbocycles. The van der Waals surface area contributed by atoms with E-state index in [2.05, 4.69) is 14.3 Å². The number of fused-ring (bicyclic) bond motifs is 1. The molecule has 0 fully saturated rings. The molecule has 0 amide bonds. The summed E-state index contributed by atoms with van der Waals surface area (Å²) in [5.41, 5.74) is 2.23. The molecule has 0 aliphatic rings. The Balaban J connectivity index is 1.97. The number of hydrogen-bond donors (Lipinski definition) is 1. The van der Waals surface area contributed by atoms with Crippen LogP contribution in [0.1, 0.15) is 24.2 Å². The van der Waals surface area contributed by atoms with Crippen LogP contribution in [0.4, 0.5) is 0 Å². The Kier molecular flexibility index (Phi) is 3.98. The molecule has 2 aromatic rings. The largest absolute Gasteiger partial charge is 0.481 e. The molecule has 0 aromatic carbocycles. The van der Waals surface area contributed by atoms with Gasteiger partial charge in [-0.05, 0) is 26.9 Å². The summed E-state index contributed by atoms with van der Waals surface area (Å²) in [6.45, 7) is 3.59. The van der Waals surface area contributed by atoms with Crippen molar-refractivity contribution in [3.63, 3.8) is 0 Å². The number of imidazole rings is 1. The first kappa shape index (κ1) is 13.0. The number of aromatic nitrogens is 2. The van der Waals surface area contributed by atoms with E-state index in [1.165, 1.54) is 5.69 Å². The number of carboxylic acid groups (broad SMARTS) is 1. The fraction of sp³-hybridized carbons (Fsp3) is 0.500. The van der Waals surface area contributed by atoms with E-state index < -0.39 is 5.97 Å². The predicted octanol–water partition coefficient (Wildman–Crippen LogP) is 2.00. The molecule has 0 atom stereocenters. The summed E-state index contributed by atoms with van der Waals surface area (Å²) in [7, 11) is 2.01. The van der Waals surface area contributed by atoms with Gasteiger partial charge in [0.2, 0.25) is 0 Å². The summed E-state index contributed by atoms with van der Waals surface area (Å²) in [4.78, 5) is 18.1. The summed E-state index contributed by atoms with van der Waals surface area (Å²) in [6, 6.07) is 0. The fourth-order valence-electron chi connectivity index (χ4n) is 1.97. The van der Waals surface area contributed by atoms with Gasteiger partial charge in [-0.25, -0.2) is 4.98 Å². The molecule has 6 heteroatoms. The second kappa shape index (κ2) is 5.49. The zero-order valence-corrected chi connectivity index (χ0v) is 11.4. The summed E-state index contributed by atoms with van der Waals surface area (Å²) in [5, 5.41) is 10.6. The van der Waals surface area contributed by atoms with E-state index in [9.17, 15) is 4.79 Å². The number of nitrogens with zero attached hydrogens (tertiary/aromatic N) is 3. The first-order valence-electron chi connectivity index (χ1n) is 5.89. The smallest absolute Gasteiger partial charge is 0.303 e. The average molecular weight is 267 g/mol. The zero-order valence-electron chi connectivity index (χ0n) is 10.6. The Morgan fingerprint density at radius 1 is 1.61 bits per heavy atom. The average Bonchev–Trinajstić information content (AvgIpc) is 2.82. The van der Waals surface area contributed by atoms with Gasteiger partial charge in [0.15, 0.2) is 4.96 Å². The van der Waals surface area contributed by atoms with Gasteiger partial charge in [-0.3, -0.25) is 9.20 Å². The maximum atomic E-state index is 10.5. The maximum absolute atomic E-state index is 10.5. The number of aryl methyl sites for hydroxylation is 1. The van der Waals surface area contributed by atoms with Gasteiger partial charge in [0.1, 0.15) is 0 Å². The van der Waals surface area contributed by atoms with Gasteiger partial charge in [-0.1, -0.05) is 0 Å². The minimum atomic E-state index is -0.732. The lowest BCUT2D eigenvalue weighted by Gasteiger charge is -2.15. The molecule has 2 aromatic heterocycles. The molecule has 1 N–H and O–H groups in total. The van der Waals surface area contributed by atoms with E-state index in [0.29, 0.717) is 6.42 Å². The topological polar surface area (TPSA) is 57.8 Å². The van der Waals surface area contributed by atoms with Gasteiger partial charge in [0, 0.05) is 24.5 Å². The highest BCUT2D eigenvalue weighted by Gasteiger charge is 2.11. The quantitative estimate of drug-likeness (QED) is 0.869. The third-order valence-electron chi connectivity index (χ3n) is 2.91. The molecule has 2 heterocycles. The van der Waals surface area contributed by atoms with Crippen molar-refractivity contribution in [2.45, 2.75) is 26.3 Å². The van der Waals surface area contributed by atoms with Crippen LogP contribution < -0.4 is 0 Å².